The molecule has 1 saturated heterocycles. The molecule has 0 aliphatic carbocycles. The minimum absolute atomic E-state index is 0.161. The first-order valence-electron chi connectivity index (χ1n) is 8.60. The lowest BCUT2D eigenvalue weighted by atomic mass is 9.96. The van der Waals surface area contributed by atoms with E-state index in [4.69, 9.17) is 5.14 Å². The van der Waals surface area contributed by atoms with Gasteiger partial charge in [-0.15, -0.1) is 0 Å². The van der Waals surface area contributed by atoms with E-state index < -0.39 is 10.0 Å². The zero-order chi connectivity index (χ0) is 17.9. The van der Waals surface area contributed by atoms with Crippen molar-refractivity contribution in [3.05, 3.63) is 54.1 Å². The number of hydrogen-bond acceptors (Lipinski definition) is 4. The summed E-state index contributed by atoms with van der Waals surface area (Å²) in [7, 11) is -3.62. The summed E-state index contributed by atoms with van der Waals surface area (Å²) in [5.41, 5.74) is 3.50. The van der Waals surface area contributed by atoms with Crippen LogP contribution in [0.2, 0.25) is 0 Å². The van der Waals surface area contributed by atoms with Crippen LogP contribution in [0.25, 0.3) is 0 Å². The lowest BCUT2D eigenvalue weighted by Gasteiger charge is -2.34. The first-order chi connectivity index (χ1) is 11.9. The molecule has 0 aromatic heterocycles. The fourth-order valence-electron chi connectivity index (χ4n) is 3.26. The van der Waals surface area contributed by atoms with Gasteiger partial charge in [0.15, 0.2) is 0 Å². The molecule has 5 nitrogen and oxygen atoms in total. The highest BCUT2D eigenvalue weighted by Gasteiger charge is 2.19. The van der Waals surface area contributed by atoms with Crippen LogP contribution in [0, 0.1) is 12.8 Å². The number of aryl methyl sites for hydroxylation is 1. The summed E-state index contributed by atoms with van der Waals surface area (Å²) < 4.78 is 22.7. The Morgan fingerprint density at radius 1 is 1.12 bits per heavy atom. The molecule has 3 rings (SSSR count). The number of benzene rings is 2. The minimum atomic E-state index is -3.62. The molecule has 0 bridgehead atoms. The van der Waals surface area contributed by atoms with Gasteiger partial charge in [-0.1, -0.05) is 12.1 Å². The maximum atomic E-state index is 11.3. The van der Waals surface area contributed by atoms with E-state index in [0.29, 0.717) is 5.92 Å². The van der Waals surface area contributed by atoms with Crippen molar-refractivity contribution in [2.24, 2.45) is 11.1 Å². The highest BCUT2D eigenvalue weighted by Crippen LogP contribution is 2.24. The quantitative estimate of drug-likeness (QED) is 0.861. The van der Waals surface area contributed by atoms with Gasteiger partial charge in [0.25, 0.3) is 0 Å². The maximum absolute atomic E-state index is 11.3. The number of sulfonamides is 1. The molecule has 3 N–H and O–H groups in total. The van der Waals surface area contributed by atoms with Crippen LogP contribution >= 0.6 is 0 Å². The average molecular weight is 359 g/mol. The van der Waals surface area contributed by atoms with Crippen LogP contribution < -0.4 is 15.4 Å². The molecule has 134 valence electrons. The van der Waals surface area contributed by atoms with Gasteiger partial charge in [0.05, 0.1) is 4.90 Å². The number of hydrogen-bond donors (Lipinski definition) is 2. The maximum Gasteiger partial charge on any atom is 0.238 e. The van der Waals surface area contributed by atoms with Gasteiger partial charge in [0.1, 0.15) is 0 Å². The third-order valence-electron chi connectivity index (χ3n) is 4.76. The first-order valence-corrected chi connectivity index (χ1v) is 10.1. The number of nitrogens with zero attached hydrogens (tertiary/aromatic N) is 1. The number of rotatable bonds is 5. The molecule has 0 spiro atoms. The Labute approximate surface area is 149 Å². The van der Waals surface area contributed by atoms with Gasteiger partial charge in [-0.2, -0.15) is 0 Å². The summed E-state index contributed by atoms with van der Waals surface area (Å²) in [5, 5.41) is 8.68. The van der Waals surface area contributed by atoms with Crippen LogP contribution in [0.4, 0.5) is 11.4 Å². The largest absolute Gasteiger partial charge is 0.385 e. The van der Waals surface area contributed by atoms with Crippen LogP contribution in [-0.4, -0.2) is 28.1 Å². The fourth-order valence-corrected chi connectivity index (χ4v) is 3.77. The van der Waals surface area contributed by atoms with Gasteiger partial charge in [-0.3, -0.25) is 0 Å². The number of anilines is 2. The monoisotopic (exact) mass is 359 g/mol. The van der Waals surface area contributed by atoms with Crippen molar-refractivity contribution in [3.63, 3.8) is 0 Å². The molecule has 0 saturated carbocycles. The number of piperidine rings is 1. The molecule has 25 heavy (non-hydrogen) atoms. The normalized spacial score (nSPS) is 16.0. The Bertz CT molecular complexity index is 811. The predicted octanol–water partition coefficient (Wildman–Crippen LogP) is 2.97. The predicted molar refractivity (Wildman–Crippen MR) is 102 cm³/mol. The van der Waals surface area contributed by atoms with Crippen molar-refractivity contribution in [2.45, 2.75) is 24.7 Å². The molecule has 0 atom stereocenters. The van der Waals surface area contributed by atoms with Crippen molar-refractivity contribution >= 4 is 21.4 Å². The van der Waals surface area contributed by atoms with Crippen LogP contribution in [0.15, 0.2) is 53.4 Å². The van der Waals surface area contributed by atoms with E-state index in [1.165, 1.54) is 11.3 Å². The average Bonchev–Trinajstić information content (AvgIpc) is 2.60. The van der Waals surface area contributed by atoms with Crippen LogP contribution in [0.5, 0.6) is 0 Å². The van der Waals surface area contributed by atoms with Gasteiger partial charge < -0.3 is 10.2 Å². The molecule has 0 amide bonds. The first kappa shape index (κ1) is 17.8. The standard InChI is InChI=1S/C19H25N3O2S/c1-15-3-2-4-17(13-15)21-14-16-9-11-22(12-10-16)18-5-7-19(8-6-18)25(20,23)24/h2-8,13,16,21H,9-12,14H2,1H3,(H2,20,23,24). The molecular formula is C19H25N3O2S. The zero-order valence-electron chi connectivity index (χ0n) is 14.5. The van der Waals surface area contributed by atoms with Crippen LogP contribution in [0.1, 0.15) is 18.4 Å². The SMILES string of the molecule is Cc1cccc(NCC2CCN(c3ccc(S(N)(=O)=O)cc3)CC2)c1. The van der Waals surface area contributed by atoms with Gasteiger partial charge in [0.2, 0.25) is 10.0 Å². The van der Waals surface area contributed by atoms with Crippen molar-refractivity contribution in [1.29, 1.82) is 0 Å². The fraction of sp³-hybridized carbons (Fsp3) is 0.368. The van der Waals surface area contributed by atoms with Crippen LogP contribution in [-0.2, 0) is 10.0 Å². The Kier molecular flexibility index (Phi) is 5.30. The number of nitrogens with one attached hydrogen (secondary N) is 1. The summed E-state index contributed by atoms with van der Waals surface area (Å²) in [4.78, 5) is 2.46. The van der Waals surface area contributed by atoms with E-state index in [9.17, 15) is 8.42 Å². The lowest BCUT2D eigenvalue weighted by Crippen LogP contribution is -2.35. The second-order valence-corrected chi connectivity index (χ2v) is 8.28. The summed E-state index contributed by atoms with van der Waals surface area (Å²) in [6, 6.07) is 15.3. The van der Waals surface area contributed by atoms with E-state index >= 15 is 0 Å². The molecule has 2 aromatic rings. The van der Waals surface area contributed by atoms with Gasteiger partial charge >= 0.3 is 0 Å². The zero-order valence-corrected chi connectivity index (χ0v) is 15.3. The Morgan fingerprint density at radius 2 is 1.80 bits per heavy atom. The Hall–Kier alpha value is -2.05. The van der Waals surface area contributed by atoms with Gasteiger partial charge in [-0.05, 0) is 67.6 Å². The van der Waals surface area contributed by atoms with E-state index in [-0.39, 0.29) is 4.90 Å². The highest BCUT2D eigenvalue weighted by atomic mass is 32.2. The second kappa shape index (κ2) is 7.45. The smallest absolute Gasteiger partial charge is 0.238 e. The summed E-state index contributed by atoms with van der Waals surface area (Å²) in [5.74, 6) is 0.653. The summed E-state index contributed by atoms with van der Waals surface area (Å²) >= 11 is 0. The van der Waals surface area contributed by atoms with Crippen molar-refractivity contribution in [1.82, 2.24) is 0 Å². The Balaban J connectivity index is 1.51. The molecule has 1 fully saturated rings. The van der Waals surface area contributed by atoms with Gasteiger partial charge in [-0.25, -0.2) is 13.6 Å². The van der Waals surface area contributed by atoms with Crippen molar-refractivity contribution < 1.29 is 8.42 Å². The molecule has 0 radical (unpaired) electrons. The van der Waals surface area contributed by atoms with Gasteiger partial charge in [0, 0.05) is 31.0 Å². The van der Waals surface area contributed by atoms with E-state index in [1.54, 1.807) is 12.1 Å². The third kappa shape index (κ3) is 4.74. The van der Waals surface area contributed by atoms with Crippen molar-refractivity contribution in [2.75, 3.05) is 29.9 Å². The minimum Gasteiger partial charge on any atom is -0.385 e. The molecule has 1 heterocycles. The molecule has 1 aliphatic rings. The van der Waals surface area contributed by atoms with E-state index in [0.717, 1.165) is 38.2 Å². The number of nitrogens with two attached hydrogens (primary N) is 1. The Morgan fingerprint density at radius 3 is 2.40 bits per heavy atom. The second-order valence-electron chi connectivity index (χ2n) is 6.72. The van der Waals surface area contributed by atoms with Crippen LogP contribution in [0.3, 0.4) is 0 Å². The third-order valence-corrected chi connectivity index (χ3v) is 5.69. The molecule has 0 unspecified atom stereocenters. The summed E-state index contributed by atoms with van der Waals surface area (Å²) in [6.07, 6.45) is 2.24. The molecular weight excluding hydrogens is 334 g/mol. The topological polar surface area (TPSA) is 75.4 Å². The van der Waals surface area contributed by atoms with E-state index in [1.807, 2.05) is 12.1 Å². The number of primary sulfonamides is 1. The molecule has 2 aromatic carbocycles. The van der Waals surface area contributed by atoms with E-state index in [2.05, 4.69) is 41.4 Å². The lowest BCUT2D eigenvalue weighted by molar-refractivity contribution is 0.423. The summed E-state index contributed by atoms with van der Waals surface area (Å²) in [6.45, 7) is 5.05. The molecule has 1 aliphatic heterocycles. The highest BCUT2D eigenvalue weighted by molar-refractivity contribution is 7.89. The molecule has 6 heteroatoms. The van der Waals surface area contributed by atoms with Crippen molar-refractivity contribution in [3.8, 4) is 0 Å².